The molecular formula is C22H18BrN2O4S-. The van der Waals surface area contributed by atoms with Crippen LogP contribution in [0.15, 0.2) is 77.1 Å². The number of rotatable bonds is 9. The van der Waals surface area contributed by atoms with Crippen LogP contribution in [-0.4, -0.2) is 18.5 Å². The molecule has 0 saturated heterocycles. The second-order valence-corrected chi connectivity index (χ2v) is 8.12. The number of aromatic carboxylic acids is 1. The van der Waals surface area contributed by atoms with Crippen LogP contribution in [0.4, 0.5) is 5.69 Å². The van der Waals surface area contributed by atoms with Crippen LogP contribution in [0, 0.1) is 0 Å². The summed E-state index contributed by atoms with van der Waals surface area (Å²) in [7, 11) is 0. The predicted octanol–water partition coefficient (Wildman–Crippen LogP) is 3.60. The van der Waals surface area contributed by atoms with Gasteiger partial charge >= 0.3 is 0 Å². The van der Waals surface area contributed by atoms with Crippen LogP contribution in [0.1, 0.15) is 20.8 Å². The van der Waals surface area contributed by atoms with Crippen LogP contribution in [0.2, 0.25) is 0 Å². The molecule has 1 amide bonds. The van der Waals surface area contributed by atoms with Gasteiger partial charge in [0.05, 0.1) is 28.8 Å². The van der Waals surface area contributed by atoms with Gasteiger partial charge in [0, 0.05) is 10.0 Å². The zero-order valence-electron chi connectivity index (χ0n) is 15.8. The van der Waals surface area contributed by atoms with E-state index in [4.69, 9.17) is 4.84 Å². The first kappa shape index (κ1) is 21.8. The first-order valence-corrected chi connectivity index (χ1v) is 10.6. The van der Waals surface area contributed by atoms with E-state index in [1.54, 1.807) is 18.2 Å². The fraction of sp³-hybridized carbons (Fsp3) is 0.0909. The summed E-state index contributed by atoms with van der Waals surface area (Å²) in [5.41, 5.74) is 4.20. The van der Waals surface area contributed by atoms with E-state index in [0.29, 0.717) is 5.70 Å². The minimum absolute atomic E-state index is 0.0704. The Kier molecular flexibility index (Phi) is 7.40. The number of hydrogen-bond donors (Lipinski definition) is 1. The predicted molar refractivity (Wildman–Crippen MR) is 119 cm³/mol. The molecule has 0 aliphatic carbocycles. The smallest absolute Gasteiger partial charge is 0.256 e. The largest absolute Gasteiger partial charge is 0.545 e. The molecule has 8 heteroatoms. The van der Waals surface area contributed by atoms with Crippen molar-refractivity contribution in [3.05, 3.63) is 93.1 Å². The number of carbonyl (C=O) groups is 2. The van der Waals surface area contributed by atoms with Crippen molar-refractivity contribution in [2.45, 2.75) is 6.54 Å². The molecule has 0 radical (unpaired) electrons. The normalized spacial score (nSPS) is 10.4. The lowest BCUT2D eigenvalue weighted by atomic mass is 10.1. The molecule has 0 aliphatic heterocycles. The summed E-state index contributed by atoms with van der Waals surface area (Å²) in [5, 5.41) is 13.5. The van der Waals surface area contributed by atoms with E-state index in [9.17, 15) is 14.7 Å². The van der Waals surface area contributed by atoms with Crippen LogP contribution >= 0.6 is 27.3 Å². The number of nitrogens with one attached hydrogen (secondary N) is 1. The number of carboxylic acid groups (broad SMARTS) is 1. The van der Waals surface area contributed by atoms with Gasteiger partial charge in [-0.25, -0.2) is 0 Å². The maximum absolute atomic E-state index is 13.0. The van der Waals surface area contributed by atoms with Gasteiger partial charge in [-0.1, -0.05) is 58.9 Å². The van der Waals surface area contributed by atoms with Gasteiger partial charge in [0.2, 0.25) is 0 Å². The highest BCUT2D eigenvalue weighted by Gasteiger charge is 2.20. The van der Waals surface area contributed by atoms with Gasteiger partial charge in [-0.2, -0.15) is 0 Å². The molecule has 1 aromatic heterocycles. The molecule has 0 spiro atoms. The first-order valence-electron chi connectivity index (χ1n) is 8.91. The minimum Gasteiger partial charge on any atom is -0.545 e. The Morgan fingerprint density at radius 1 is 1.10 bits per heavy atom. The average molecular weight is 486 g/mol. The number of halogens is 1. The van der Waals surface area contributed by atoms with Crippen LogP contribution in [0.3, 0.4) is 0 Å². The maximum atomic E-state index is 13.0. The second kappa shape index (κ2) is 10.2. The molecule has 0 aliphatic rings. The summed E-state index contributed by atoms with van der Waals surface area (Å²) in [6.07, 6.45) is 0. The minimum atomic E-state index is -1.36. The number of carboxylic acids is 1. The highest BCUT2D eigenvalue weighted by molar-refractivity contribution is 9.10. The van der Waals surface area contributed by atoms with Crippen molar-refractivity contribution in [1.29, 1.82) is 0 Å². The standard InChI is InChI=1S/C22H19BrN2O4S/c1-15(20-7-4-12-30-20)24-29-14-21(26)25(13-16-8-10-17(23)11-9-16)19-6-3-2-5-18(19)22(27)28/h2-12,24H,1,13-14H2,(H,27,28)/p-1. The number of benzene rings is 2. The summed E-state index contributed by atoms with van der Waals surface area (Å²) < 4.78 is 0.902. The molecule has 1 heterocycles. The van der Waals surface area contributed by atoms with Crippen molar-refractivity contribution in [1.82, 2.24) is 5.48 Å². The molecular weight excluding hydrogens is 468 g/mol. The number of carbonyl (C=O) groups excluding carboxylic acids is 2. The highest BCUT2D eigenvalue weighted by Crippen LogP contribution is 2.23. The van der Waals surface area contributed by atoms with Crippen molar-refractivity contribution in [2.24, 2.45) is 0 Å². The van der Waals surface area contributed by atoms with Crippen LogP contribution in [-0.2, 0) is 16.2 Å². The number of hydrogen-bond acceptors (Lipinski definition) is 6. The van der Waals surface area contributed by atoms with E-state index in [2.05, 4.69) is 28.0 Å². The van der Waals surface area contributed by atoms with Crippen molar-refractivity contribution >= 4 is 50.5 Å². The summed E-state index contributed by atoms with van der Waals surface area (Å²) in [6.45, 7) is 3.72. The van der Waals surface area contributed by atoms with Gasteiger partial charge in [0.25, 0.3) is 5.91 Å². The molecule has 0 atom stereocenters. The van der Waals surface area contributed by atoms with Crippen molar-refractivity contribution in [3.8, 4) is 0 Å². The van der Waals surface area contributed by atoms with E-state index in [0.717, 1.165) is 14.9 Å². The summed E-state index contributed by atoms with van der Waals surface area (Å²) in [5.74, 6) is -1.78. The zero-order chi connectivity index (χ0) is 21.5. The SMILES string of the molecule is C=C(NOCC(=O)N(Cc1ccc(Br)cc1)c1ccccc1C(=O)[O-])c1cccs1. The molecule has 30 heavy (non-hydrogen) atoms. The number of amides is 1. The Balaban J connectivity index is 1.78. The number of thiophene rings is 1. The van der Waals surface area contributed by atoms with Gasteiger partial charge in [-0.05, 0) is 35.2 Å². The molecule has 1 N–H and O–H groups in total. The molecule has 0 fully saturated rings. The van der Waals surface area contributed by atoms with Gasteiger partial charge in [0.15, 0.2) is 6.61 Å². The topological polar surface area (TPSA) is 81.7 Å². The lowest BCUT2D eigenvalue weighted by molar-refractivity contribution is -0.254. The Labute approximate surface area is 186 Å². The molecule has 154 valence electrons. The zero-order valence-corrected chi connectivity index (χ0v) is 18.2. The van der Waals surface area contributed by atoms with Crippen LogP contribution < -0.4 is 15.5 Å². The monoisotopic (exact) mass is 485 g/mol. The number of hydroxylamine groups is 1. The lowest BCUT2D eigenvalue weighted by Gasteiger charge is -2.26. The van der Waals surface area contributed by atoms with Gasteiger partial charge in [-0.3, -0.25) is 15.1 Å². The maximum Gasteiger partial charge on any atom is 0.256 e. The first-order chi connectivity index (χ1) is 14.5. The average Bonchev–Trinajstić information content (AvgIpc) is 3.28. The Morgan fingerprint density at radius 3 is 2.50 bits per heavy atom. The number of anilines is 1. The fourth-order valence-corrected chi connectivity index (χ4v) is 3.63. The van der Waals surface area contributed by atoms with Gasteiger partial charge < -0.3 is 14.8 Å². The van der Waals surface area contributed by atoms with Crippen molar-refractivity contribution < 1.29 is 19.5 Å². The Hall–Kier alpha value is -2.94. The fourth-order valence-electron chi connectivity index (χ4n) is 2.73. The van der Waals surface area contributed by atoms with Crippen LogP contribution in [0.25, 0.3) is 5.70 Å². The Morgan fingerprint density at radius 2 is 1.83 bits per heavy atom. The van der Waals surface area contributed by atoms with Gasteiger partial charge in [0.1, 0.15) is 0 Å². The molecule has 2 aromatic carbocycles. The lowest BCUT2D eigenvalue weighted by Crippen LogP contribution is -2.37. The summed E-state index contributed by atoms with van der Waals surface area (Å²) in [6, 6.07) is 17.4. The quantitative estimate of drug-likeness (QED) is 0.468. The van der Waals surface area contributed by atoms with Gasteiger partial charge in [-0.15, -0.1) is 11.3 Å². The van der Waals surface area contributed by atoms with Crippen molar-refractivity contribution in [3.63, 3.8) is 0 Å². The third kappa shape index (κ3) is 5.56. The molecule has 0 saturated carbocycles. The second-order valence-electron chi connectivity index (χ2n) is 6.26. The highest BCUT2D eigenvalue weighted by atomic mass is 79.9. The molecule has 3 aromatic rings. The molecule has 0 unspecified atom stereocenters. The van der Waals surface area contributed by atoms with Crippen LogP contribution in [0.5, 0.6) is 0 Å². The van der Waals surface area contributed by atoms with Crippen molar-refractivity contribution in [2.75, 3.05) is 11.5 Å². The summed E-state index contributed by atoms with van der Waals surface area (Å²) >= 11 is 4.87. The third-order valence-electron chi connectivity index (χ3n) is 4.18. The van der Waals surface area contributed by atoms with E-state index in [1.807, 2.05) is 41.8 Å². The number of para-hydroxylation sites is 1. The third-order valence-corrected chi connectivity index (χ3v) is 5.64. The number of nitrogens with zero attached hydrogens (tertiary/aromatic N) is 1. The Bertz CT molecular complexity index is 1040. The molecule has 3 rings (SSSR count). The van der Waals surface area contributed by atoms with E-state index in [-0.39, 0.29) is 24.4 Å². The van der Waals surface area contributed by atoms with E-state index < -0.39 is 11.9 Å². The van der Waals surface area contributed by atoms with E-state index >= 15 is 0 Å². The molecule has 6 nitrogen and oxygen atoms in total. The molecule has 0 bridgehead atoms. The summed E-state index contributed by atoms with van der Waals surface area (Å²) in [4.78, 5) is 32.1. The van der Waals surface area contributed by atoms with E-state index in [1.165, 1.54) is 22.3 Å².